The third-order valence-electron chi connectivity index (χ3n) is 2.67. The average molecular weight is 241 g/mol. The van der Waals surface area contributed by atoms with Gasteiger partial charge in [0.2, 0.25) is 0 Å². The first kappa shape index (κ1) is 12.0. The maximum atomic E-state index is 14.1. The van der Waals surface area contributed by atoms with Crippen molar-refractivity contribution in [2.24, 2.45) is 0 Å². The number of halogens is 2. The molecule has 1 N–H and O–H groups in total. The van der Waals surface area contributed by atoms with Crippen LogP contribution in [0, 0.1) is 11.6 Å². The zero-order valence-electron chi connectivity index (χ0n) is 9.59. The fourth-order valence-corrected chi connectivity index (χ4v) is 1.84. The van der Waals surface area contributed by atoms with Gasteiger partial charge < -0.3 is 14.5 Å². The Bertz CT molecular complexity index is 524. The number of methoxy groups -OCH3 is 1. The first-order chi connectivity index (χ1) is 8.19. The van der Waals surface area contributed by atoms with E-state index in [0.717, 1.165) is 0 Å². The minimum Gasteiger partial charge on any atom is -0.461 e. The molecule has 1 aromatic carbocycles. The lowest BCUT2D eigenvalue weighted by molar-refractivity contribution is 0.0977. The molecule has 0 saturated carbocycles. The van der Waals surface area contributed by atoms with Crippen molar-refractivity contribution in [1.82, 2.24) is 5.32 Å². The lowest BCUT2D eigenvalue weighted by Gasteiger charge is -2.16. The topological polar surface area (TPSA) is 34.4 Å². The van der Waals surface area contributed by atoms with Gasteiger partial charge in [0.1, 0.15) is 11.9 Å². The molecule has 1 aromatic heterocycles. The molecular formula is C12H13F2NO2. The molecule has 5 heteroatoms. The summed E-state index contributed by atoms with van der Waals surface area (Å²) in [7, 11) is 3.10. The summed E-state index contributed by atoms with van der Waals surface area (Å²) in [6, 6.07) is 2.77. The number of furan rings is 1. The monoisotopic (exact) mass is 241 g/mol. The Hall–Kier alpha value is -1.46. The fraction of sp³-hybridized carbons (Fsp3) is 0.333. The van der Waals surface area contributed by atoms with Gasteiger partial charge in [0, 0.05) is 19.0 Å². The highest BCUT2D eigenvalue weighted by Crippen LogP contribution is 2.30. The normalized spacial score (nSPS) is 13.2. The van der Waals surface area contributed by atoms with Gasteiger partial charge in [0.25, 0.3) is 0 Å². The third-order valence-corrected chi connectivity index (χ3v) is 2.67. The number of hydrogen-bond acceptors (Lipinski definition) is 3. The van der Waals surface area contributed by atoms with Gasteiger partial charge in [-0.25, -0.2) is 8.78 Å². The molecule has 0 saturated heterocycles. The zero-order valence-corrected chi connectivity index (χ0v) is 9.59. The van der Waals surface area contributed by atoms with Crippen LogP contribution < -0.4 is 5.32 Å². The average Bonchev–Trinajstić information content (AvgIpc) is 2.76. The number of ether oxygens (including phenoxy) is 1. The standard InChI is InChI=1S/C12H13F2NO2/c1-15-6-9(16-2)10-8(13)5-7-3-4-17-12(7)11(10)14/h3-5,9,15H,6H2,1-2H3. The molecule has 2 aromatic rings. The van der Waals surface area contributed by atoms with E-state index < -0.39 is 17.7 Å². The van der Waals surface area contributed by atoms with Crippen LogP contribution in [0.25, 0.3) is 11.0 Å². The summed E-state index contributed by atoms with van der Waals surface area (Å²) in [5, 5.41) is 3.23. The van der Waals surface area contributed by atoms with Gasteiger partial charge in [-0.15, -0.1) is 0 Å². The fourth-order valence-electron chi connectivity index (χ4n) is 1.84. The van der Waals surface area contributed by atoms with Crippen LogP contribution in [0.3, 0.4) is 0 Å². The van der Waals surface area contributed by atoms with E-state index in [1.54, 1.807) is 7.05 Å². The molecule has 92 valence electrons. The van der Waals surface area contributed by atoms with Crippen LogP contribution in [0.1, 0.15) is 11.7 Å². The molecule has 2 rings (SSSR count). The minimum absolute atomic E-state index is 0.0551. The summed E-state index contributed by atoms with van der Waals surface area (Å²) >= 11 is 0. The molecule has 0 aliphatic rings. The third kappa shape index (κ3) is 2.03. The molecule has 1 unspecified atom stereocenters. The first-order valence-electron chi connectivity index (χ1n) is 5.21. The van der Waals surface area contributed by atoms with Crippen molar-refractivity contribution in [1.29, 1.82) is 0 Å². The smallest absolute Gasteiger partial charge is 0.175 e. The number of nitrogens with one attached hydrogen (secondary N) is 1. The van der Waals surface area contributed by atoms with Crippen LogP contribution >= 0.6 is 0 Å². The van der Waals surface area contributed by atoms with E-state index in [1.165, 1.54) is 25.5 Å². The van der Waals surface area contributed by atoms with Crippen LogP contribution in [-0.4, -0.2) is 20.7 Å². The highest BCUT2D eigenvalue weighted by atomic mass is 19.1. The molecule has 3 nitrogen and oxygen atoms in total. The second kappa shape index (κ2) is 4.81. The van der Waals surface area contributed by atoms with Crippen LogP contribution in [-0.2, 0) is 4.74 Å². The summed E-state index contributed by atoms with van der Waals surface area (Å²) in [6.45, 7) is 0.316. The molecule has 0 fully saturated rings. The van der Waals surface area contributed by atoms with Gasteiger partial charge >= 0.3 is 0 Å². The SMILES string of the molecule is CNCC(OC)c1c(F)cc2ccoc2c1F. The van der Waals surface area contributed by atoms with Crippen molar-refractivity contribution in [2.75, 3.05) is 20.7 Å². The van der Waals surface area contributed by atoms with Crippen LogP contribution in [0.5, 0.6) is 0 Å². The molecular weight excluding hydrogens is 228 g/mol. The number of benzene rings is 1. The summed E-state index contributed by atoms with van der Waals surface area (Å²) < 4.78 is 38.0. The number of rotatable bonds is 4. The van der Waals surface area contributed by atoms with Crippen LogP contribution in [0.2, 0.25) is 0 Å². The highest BCUT2D eigenvalue weighted by molar-refractivity contribution is 5.78. The molecule has 1 atom stereocenters. The second-order valence-corrected chi connectivity index (χ2v) is 3.71. The number of fused-ring (bicyclic) bond motifs is 1. The second-order valence-electron chi connectivity index (χ2n) is 3.71. The minimum atomic E-state index is -0.702. The maximum absolute atomic E-state index is 14.1. The van der Waals surface area contributed by atoms with Gasteiger partial charge in [0.05, 0.1) is 11.8 Å². The summed E-state index contributed by atoms with van der Waals surface area (Å²) in [4.78, 5) is 0. The predicted octanol–water partition coefficient (Wildman–Crippen LogP) is 2.62. The maximum Gasteiger partial charge on any atom is 0.175 e. The summed E-state index contributed by atoms with van der Waals surface area (Å²) in [5.41, 5.74) is -0.0520. The number of hydrogen-bond donors (Lipinski definition) is 1. The lowest BCUT2D eigenvalue weighted by Crippen LogP contribution is -2.20. The van der Waals surface area contributed by atoms with Gasteiger partial charge in [-0.1, -0.05) is 0 Å². The molecule has 1 heterocycles. The zero-order chi connectivity index (χ0) is 12.4. The molecule has 0 spiro atoms. The van der Waals surface area contributed by atoms with E-state index in [1.807, 2.05) is 0 Å². The Morgan fingerprint density at radius 2 is 2.24 bits per heavy atom. The van der Waals surface area contributed by atoms with E-state index in [-0.39, 0.29) is 11.1 Å². The van der Waals surface area contributed by atoms with Gasteiger partial charge in [-0.2, -0.15) is 0 Å². The Kier molecular flexibility index (Phi) is 3.40. The van der Waals surface area contributed by atoms with E-state index in [0.29, 0.717) is 11.9 Å². The summed E-state index contributed by atoms with van der Waals surface area (Å²) in [6.07, 6.45) is 0.645. The highest BCUT2D eigenvalue weighted by Gasteiger charge is 2.23. The molecule has 17 heavy (non-hydrogen) atoms. The van der Waals surface area contributed by atoms with Crippen molar-refractivity contribution < 1.29 is 17.9 Å². The van der Waals surface area contributed by atoms with E-state index in [2.05, 4.69) is 5.32 Å². The van der Waals surface area contributed by atoms with Crippen molar-refractivity contribution in [3.8, 4) is 0 Å². The van der Waals surface area contributed by atoms with Crippen molar-refractivity contribution in [3.63, 3.8) is 0 Å². The van der Waals surface area contributed by atoms with Crippen LogP contribution in [0.15, 0.2) is 22.8 Å². The van der Waals surface area contributed by atoms with E-state index in [9.17, 15) is 8.78 Å². The van der Waals surface area contributed by atoms with Gasteiger partial charge in [0.15, 0.2) is 11.4 Å². The first-order valence-corrected chi connectivity index (χ1v) is 5.21. The molecule has 0 radical (unpaired) electrons. The molecule has 0 aliphatic heterocycles. The Labute approximate surface area is 97.4 Å². The Morgan fingerprint density at radius 1 is 1.47 bits per heavy atom. The van der Waals surface area contributed by atoms with E-state index >= 15 is 0 Å². The molecule has 0 amide bonds. The Balaban J connectivity index is 2.58. The van der Waals surface area contributed by atoms with Crippen LogP contribution in [0.4, 0.5) is 8.78 Å². The number of likely N-dealkylation sites (N-methyl/N-ethyl adjacent to an activating group) is 1. The largest absolute Gasteiger partial charge is 0.461 e. The van der Waals surface area contributed by atoms with Crippen molar-refractivity contribution in [2.45, 2.75) is 6.10 Å². The summed E-state index contributed by atoms with van der Waals surface area (Å²) in [5.74, 6) is -1.33. The quantitative estimate of drug-likeness (QED) is 0.893. The van der Waals surface area contributed by atoms with Crippen molar-refractivity contribution in [3.05, 3.63) is 35.6 Å². The van der Waals surface area contributed by atoms with Gasteiger partial charge in [-0.3, -0.25) is 0 Å². The molecule has 0 aliphatic carbocycles. The van der Waals surface area contributed by atoms with Crippen molar-refractivity contribution >= 4 is 11.0 Å². The Morgan fingerprint density at radius 3 is 2.88 bits per heavy atom. The predicted molar refractivity (Wildman–Crippen MR) is 59.8 cm³/mol. The molecule has 0 bridgehead atoms. The van der Waals surface area contributed by atoms with E-state index in [4.69, 9.17) is 9.15 Å². The van der Waals surface area contributed by atoms with Gasteiger partial charge in [-0.05, 0) is 19.2 Å². The lowest BCUT2D eigenvalue weighted by atomic mass is 10.1.